The van der Waals surface area contributed by atoms with E-state index in [4.69, 9.17) is 9.72 Å². The zero-order valence-corrected chi connectivity index (χ0v) is 32.7. The number of hydrogen-bond donors (Lipinski definition) is 4. The average molecular weight is 793 g/mol. The number of nitrogens with zero attached hydrogens (tertiary/aromatic N) is 4. The largest absolute Gasteiger partial charge is 0.453 e. The summed E-state index contributed by atoms with van der Waals surface area (Å²) in [6, 6.07) is 28.5. The Hall–Kier alpha value is -7.22. The van der Waals surface area contributed by atoms with E-state index in [9.17, 15) is 19.2 Å². The molecule has 0 radical (unpaired) electrons. The van der Waals surface area contributed by atoms with Gasteiger partial charge in [-0.1, -0.05) is 91.0 Å². The molecule has 8 rings (SSSR count). The number of benzene rings is 4. The molecule has 0 bridgehead atoms. The average Bonchev–Trinajstić information content (AvgIpc) is 4.11. The van der Waals surface area contributed by atoms with E-state index in [0.717, 1.165) is 68.7 Å². The number of imidazole rings is 2. The highest BCUT2D eigenvalue weighted by Crippen LogP contribution is 2.37. The van der Waals surface area contributed by atoms with Gasteiger partial charge in [-0.25, -0.2) is 19.6 Å². The molecule has 14 heteroatoms. The molecule has 0 unspecified atom stereocenters. The van der Waals surface area contributed by atoms with E-state index in [0.29, 0.717) is 30.9 Å². The molecule has 0 spiro atoms. The highest BCUT2D eigenvalue weighted by Gasteiger charge is 2.38. The van der Waals surface area contributed by atoms with Gasteiger partial charge in [0.25, 0.3) is 5.91 Å². The Bertz CT molecular complexity index is 2530. The van der Waals surface area contributed by atoms with Gasteiger partial charge in [-0.2, -0.15) is 0 Å². The highest BCUT2D eigenvalue weighted by atomic mass is 16.5. The first-order chi connectivity index (χ1) is 28.7. The Morgan fingerprint density at radius 3 is 2.07 bits per heavy atom. The molecule has 2 saturated heterocycles. The van der Waals surface area contributed by atoms with Crippen molar-refractivity contribution in [2.24, 2.45) is 0 Å². The fourth-order valence-electron chi connectivity index (χ4n) is 7.96. The molecule has 14 nitrogen and oxygen atoms in total. The van der Waals surface area contributed by atoms with Crippen LogP contribution in [0.1, 0.15) is 54.6 Å². The number of aromatic nitrogens is 4. The van der Waals surface area contributed by atoms with Gasteiger partial charge in [0.1, 0.15) is 24.2 Å². The fourth-order valence-corrected chi connectivity index (χ4v) is 7.96. The van der Waals surface area contributed by atoms with Gasteiger partial charge in [0.15, 0.2) is 0 Å². The SMILES string of the molecule is C=C1C[C@@H](c2ncc(-c3ccc(-c4ccc5cc(-c6cnc([C@@H]7CCCN7C(=O)CNC(=O)OC)[nH]6)ccc5c4)cc3)[nH]2)N(C(=O)[C@H](NC(=O)OC)c2ccccc2)C1. The first kappa shape index (κ1) is 38.6. The molecule has 2 aromatic heterocycles. The molecule has 0 saturated carbocycles. The Kier molecular flexibility index (Phi) is 10.9. The number of methoxy groups -OCH3 is 2. The minimum absolute atomic E-state index is 0.128. The van der Waals surface area contributed by atoms with Gasteiger partial charge in [-0.15, -0.1) is 0 Å². The topological polar surface area (TPSA) is 175 Å². The predicted molar refractivity (Wildman–Crippen MR) is 222 cm³/mol. The van der Waals surface area contributed by atoms with Crippen molar-refractivity contribution in [1.29, 1.82) is 0 Å². The normalized spacial score (nSPS) is 16.9. The Morgan fingerprint density at radius 1 is 0.763 bits per heavy atom. The van der Waals surface area contributed by atoms with E-state index < -0.39 is 18.2 Å². The van der Waals surface area contributed by atoms with E-state index in [-0.39, 0.29) is 30.4 Å². The number of ether oxygens (including phenoxy) is 2. The van der Waals surface area contributed by atoms with Crippen molar-refractivity contribution in [1.82, 2.24) is 40.4 Å². The van der Waals surface area contributed by atoms with Crippen LogP contribution in [0.15, 0.2) is 116 Å². The first-order valence-electron chi connectivity index (χ1n) is 19.4. The van der Waals surface area contributed by atoms with Crippen molar-refractivity contribution < 1.29 is 28.7 Å². The first-order valence-corrected chi connectivity index (χ1v) is 19.4. The molecule has 300 valence electrons. The maximum atomic E-state index is 14.0. The summed E-state index contributed by atoms with van der Waals surface area (Å²) >= 11 is 0. The number of amides is 4. The van der Waals surface area contributed by atoms with Crippen LogP contribution in [0.5, 0.6) is 0 Å². The maximum absolute atomic E-state index is 14.0. The molecule has 2 aliphatic rings. The minimum atomic E-state index is -0.931. The zero-order chi connectivity index (χ0) is 41.0. The van der Waals surface area contributed by atoms with Gasteiger partial charge in [-0.05, 0) is 64.4 Å². The lowest BCUT2D eigenvalue weighted by molar-refractivity contribution is -0.134. The summed E-state index contributed by atoms with van der Waals surface area (Å²) in [4.78, 5) is 70.2. The van der Waals surface area contributed by atoms with Crippen LogP contribution in [0, 0.1) is 0 Å². The minimum Gasteiger partial charge on any atom is -0.453 e. The molecule has 6 aromatic rings. The number of rotatable bonds is 10. The summed E-state index contributed by atoms with van der Waals surface area (Å²) in [5, 5.41) is 7.33. The second kappa shape index (κ2) is 16.7. The van der Waals surface area contributed by atoms with Crippen molar-refractivity contribution in [3.05, 3.63) is 133 Å². The van der Waals surface area contributed by atoms with Gasteiger partial charge in [0, 0.05) is 18.7 Å². The monoisotopic (exact) mass is 792 g/mol. The van der Waals surface area contributed by atoms with Crippen molar-refractivity contribution in [3.8, 4) is 33.6 Å². The number of fused-ring (bicyclic) bond motifs is 1. The lowest BCUT2D eigenvalue weighted by Gasteiger charge is -2.28. The second-order valence-electron chi connectivity index (χ2n) is 14.7. The van der Waals surface area contributed by atoms with Crippen LogP contribution < -0.4 is 10.6 Å². The molecule has 2 fully saturated rings. The third kappa shape index (κ3) is 8.15. The van der Waals surface area contributed by atoms with Gasteiger partial charge in [0.05, 0.1) is 50.1 Å². The summed E-state index contributed by atoms with van der Waals surface area (Å²) in [5.41, 5.74) is 7.29. The van der Waals surface area contributed by atoms with Crippen molar-refractivity contribution in [2.45, 2.75) is 37.4 Å². The Balaban J connectivity index is 0.948. The number of alkyl carbamates (subject to hydrolysis) is 2. The third-order valence-corrected chi connectivity index (χ3v) is 11.0. The molecule has 59 heavy (non-hydrogen) atoms. The molecule has 4 N–H and O–H groups in total. The van der Waals surface area contributed by atoms with Gasteiger partial charge in [0.2, 0.25) is 5.91 Å². The molecule has 3 atom stereocenters. The standard InChI is InChI=1S/C45H44N8O6/c1-27-20-38(53(26-27)43(55)40(51-45(57)59-3)30-8-5-4-6-9-30)42-47-23-35(49-42)29-13-11-28(12-14-29)31-15-16-33-22-34(18-17-32(33)21-31)36-24-46-41(50-36)37-10-7-19-52(37)39(54)25-48-44(56)58-2/h4-6,8-9,11-18,21-24,37-38,40H,1,7,10,19-20,25-26H2,2-3H3,(H,46,50)(H,47,49)(H,48,56)(H,51,57)/t37-,38-,40+/m0/s1. The van der Waals surface area contributed by atoms with Crippen LogP contribution in [-0.4, -0.2) is 87.6 Å². The van der Waals surface area contributed by atoms with Crippen molar-refractivity contribution >= 4 is 34.8 Å². The molecule has 4 heterocycles. The summed E-state index contributed by atoms with van der Waals surface area (Å²) in [6.07, 6.45) is 4.43. The quantitative estimate of drug-likeness (QED) is 0.105. The van der Waals surface area contributed by atoms with Crippen molar-refractivity contribution in [2.75, 3.05) is 33.9 Å². The van der Waals surface area contributed by atoms with Gasteiger partial charge >= 0.3 is 12.2 Å². The number of carbonyl (C=O) groups is 4. The summed E-state index contributed by atoms with van der Waals surface area (Å²) in [7, 11) is 2.53. The Labute approximate surface area is 340 Å². The molecule has 4 aromatic carbocycles. The lowest BCUT2D eigenvalue weighted by Crippen LogP contribution is -2.43. The fraction of sp³-hybridized carbons (Fsp3) is 0.244. The number of carbonyl (C=O) groups excluding carboxylic acids is 4. The van der Waals surface area contributed by atoms with Crippen LogP contribution in [0.4, 0.5) is 9.59 Å². The molecular weight excluding hydrogens is 749 g/mol. The molecule has 4 amide bonds. The smallest absolute Gasteiger partial charge is 0.407 e. The van der Waals surface area contributed by atoms with E-state index >= 15 is 0 Å². The molecular formula is C45H44N8O6. The number of likely N-dealkylation sites (tertiary alicyclic amines) is 2. The summed E-state index contributed by atoms with van der Waals surface area (Å²) < 4.78 is 9.42. The number of hydrogen-bond acceptors (Lipinski definition) is 8. The van der Waals surface area contributed by atoms with E-state index in [1.807, 2.05) is 30.3 Å². The van der Waals surface area contributed by atoms with Crippen LogP contribution in [0.25, 0.3) is 44.4 Å². The van der Waals surface area contributed by atoms with Gasteiger partial charge < -0.3 is 39.9 Å². The van der Waals surface area contributed by atoms with E-state index in [1.54, 1.807) is 34.3 Å². The van der Waals surface area contributed by atoms with Crippen LogP contribution in [0.3, 0.4) is 0 Å². The van der Waals surface area contributed by atoms with E-state index in [2.05, 4.69) is 85.4 Å². The van der Waals surface area contributed by atoms with Crippen LogP contribution >= 0.6 is 0 Å². The number of aromatic amines is 2. The lowest BCUT2D eigenvalue weighted by atomic mass is 9.98. The summed E-state index contributed by atoms with van der Waals surface area (Å²) in [5.74, 6) is 0.907. The predicted octanol–water partition coefficient (Wildman–Crippen LogP) is 7.23. The molecule has 2 aliphatic heterocycles. The molecule has 0 aliphatic carbocycles. The third-order valence-electron chi connectivity index (χ3n) is 11.0. The number of H-pyrrole nitrogens is 2. The maximum Gasteiger partial charge on any atom is 0.407 e. The van der Waals surface area contributed by atoms with Crippen LogP contribution in [-0.2, 0) is 19.1 Å². The summed E-state index contributed by atoms with van der Waals surface area (Å²) in [6.45, 7) is 4.99. The van der Waals surface area contributed by atoms with E-state index in [1.165, 1.54) is 14.2 Å². The van der Waals surface area contributed by atoms with Crippen LogP contribution in [0.2, 0.25) is 0 Å². The second-order valence-corrected chi connectivity index (χ2v) is 14.7. The number of nitrogens with one attached hydrogen (secondary N) is 4. The van der Waals surface area contributed by atoms with Gasteiger partial charge in [-0.3, -0.25) is 9.59 Å². The zero-order valence-electron chi connectivity index (χ0n) is 32.7. The highest BCUT2D eigenvalue weighted by molar-refractivity contribution is 5.91. The van der Waals surface area contributed by atoms with Crippen molar-refractivity contribution in [3.63, 3.8) is 0 Å². The Morgan fingerprint density at radius 2 is 1.37 bits per heavy atom.